The third-order valence-electron chi connectivity index (χ3n) is 3.63. The van der Waals surface area contributed by atoms with Gasteiger partial charge in [-0.2, -0.15) is 8.78 Å². The Balaban J connectivity index is 1.82. The van der Waals surface area contributed by atoms with Crippen LogP contribution >= 0.6 is 0 Å². The molecule has 0 radical (unpaired) electrons. The normalized spacial score (nSPS) is 24.2. The number of aliphatic hydroxyl groups is 1. The van der Waals surface area contributed by atoms with Crippen LogP contribution in [-0.4, -0.2) is 32.4 Å². The van der Waals surface area contributed by atoms with Crippen molar-refractivity contribution in [3.8, 4) is 5.88 Å². The van der Waals surface area contributed by atoms with E-state index in [1.54, 1.807) is 0 Å². The van der Waals surface area contributed by atoms with Crippen LogP contribution in [-0.2, 0) is 6.54 Å². The van der Waals surface area contributed by atoms with Gasteiger partial charge in [-0.15, -0.1) is 0 Å². The zero-order valence-corrected chi connectivity index (χ0v) is 14.9. The topological polar surface area (TPSA) is 83.5 Å². The molecule has 0 bridgehead atoms. The average Bonchev–Trinajstić information content (AvgIpc) is 2.87. The standard InChI is InChI=1S/C13H16F5IN3O3/c14-11(15)25-10-5-8(2-4-20-10)7-21-12(23)22-9-1-3-13(24,6-9)19(16,17)18/h2,4-5,9,11,24H,1,3,6-7H2,(H2,21,22,23)/q-1/t9-,13+/m0/s1. The van der Waals surface area contributed by atoms with Crippen LogP contribution in [0, 0.1) is 0 Å². The molecule has 1 heterocycles. The molecule has 0 saturated heterocycles. The van der Waals surface area contributed by atoms with E-state index < -0.39 is 55.3 Å². The van der Waals surface area contributed by atoms with E-state index in [9.17, 15) is 27.3 Å². The molecule has 1 aromatic rings. The monoisotopic (exact) mass is 484 g/mol. The molecule has 0 aromatic carbocycles. The fourth-order valence-corrected chi connectivity index (χ4v) is 4.38. The number of alkyl halides is 3. The number of aromatic nitrogens is 1. The van der Waals surface area contributed by atoms with Gasteiger partial charge in [0.25, 0.3) is 0 Å². The van der Waals surface area contributed by atoms with Crippen molar-refractivity contribution in [1.82, 2.24) is 15.6 Å². The van der Waals surface area contributed by atoms with Crippen molar-refractivity contribution in [3.05, 3.63) is 23.9 Å². The Bertz CT molecular complexity index is 619. The summed E-state index contributed by atoms with van der Waals surface area (Å²) in [6.07, 6.45) is 0.312. The third-order valence-corrected chi connectivity index (χ3v) is 6.89. The van der Waals surface area contributed by atoms with Crippen molar-refractivity contribution in [1.29, 1.82) is 0 Å². The van der Waals surface area contributed by atoms with Crippen molar-refractivity contribution >= 4 is 6.03 Å². The van der Waals surface area contributed by atoms with Crippen LogP contribution in [0.1, 0.15) is 24.8 Å². The first-order chi connectivity index (χ1) is 11.6. The van der Waals surface area contributed by atoms with Gasteiger partial charge in [0.2, 0.25) is 0 Å². The fourth-order valence-electron chi connectivity index (χ4n) is 2.43. The molecule has 144 valence electrons. The zero-order chi connectivity index (χ0) is 18.7. The number of rotatable bonds is 6. The van der Waals surface area contributed by atoms with Crippen molar-refractivity contribution in [2.75, 3.05) is 0 Å². The van der Waals surface area contributed by atoms with E-state index in [4.69, 9.17) is 0 Å². The fraction of sp³-hybridized carbons (Fsp3) is 0.538. The van der Waals surface area contributed by atoms with E-state index >= 15 is 0 Å². The second kappa shape index (κ2) is 7.85. The van der Waals surface area contributed by atoms with E-state index in [0.29, 0.717) is 5.56 Å². The maximum absolute atomic E-state index is 12.9. The van der Waals surface area contributed by atoms with Crippen molar-refractivity contribution in [2.45, 2.75) is 42.1 Å². The molecule has 0 spiro atoms. The number of amides is 2. The van der Waals surface area contributed by atoms with Crippen molar-refractivity contribution in [3.63, 3.8) is 0 Å². The summed E-state index contributed by atoms with van der Waals surface area (Å²) >= 11 is -6.67. The summed E-state index contributed by atoms with van der Waals surface area (Å²) in [5.41, 5.74) is 0.425. The van der Waals surface area contributed by atoms with E-state index in [0.717, 1.165) is 0 Å². The first-order valence-electron chi connectivity index (χ1n) is 7.12. The van der Waals surface area contributed by atoms with E-state index in [1.165, 1.54) is 18.3 Å². The molecule has 25 heavy (non-hydrogen) atoms. The minimum atomic E-state index is -6.67. The molecule has 1 aromatic heterocycles. The Hall–Kier alpha value is -1.44. The van der Waals surface area contributed by atoms with Crippen molar-refractivity contribution in [2.24, 2.45) is 0 Å². The average molecular weight is 484 g/mol. The van der Waals surface area contributed by atoms with E-state index in [2.05, 4.69) is 20.4 Å². The molecular formula is C13H16F5IN3O3-. The first kappa shape index (κ1) is 19.9. The molecule has 12 heteroatoms. The van der Waals surface area contributed by atoms with Gasteiger partial charge >= 0.3 is 137 Å². The van der Waals surface area contributed by atoms with E-state index in [1.807, 2.05) is 0 Å². The summed E-state index contributed by atoms with van der Waals surface area (Å²) in [7, 11) is 0. The Kier molecular flexibility index (Phi) is 6.24. The van der Waals surface area contributed by atoms with Crippen LogP contribution < -0.4 is 35.5 Å². The van der Waals surface area contributed by atoms with E-state index in [-0.39, 0.29) is 18.8 Å². The molecule has 1 fully saturated rings. The number of nitrogens with zero attached hydrogens (tertiary/aromatic N) is 1. The quantitative estimate of drug-likeness (QED) is 0.290. The number of carbonyl (C=O) groups is 1. The van der Waals surface area contributed by atoms with Crippen LogP contribution in [0.25, 0.3) is 0 Å². The summed E-state index contributed by atoms with van der Waals surface area (Å²) in [6, 6.07) is 1.18. The van der Waals surface area contributed by atoms with Crippen molar-refractivity contribution < 1.29 is 52.2 Å². The minimum absolute atomic E-state index is 0.0361. The molecule has 1 aliphatic carbocycles. The molecular weight excluding hydrogens is 468 g/mol. The van der Waals surface area contributed by atoms with Crippen LogP contribution in [0.5, 0.6) is 5.88 Å². The SMILES string of the molecule is O=C(NCc1ccnc(OC(F)F)c1)N[C@H]1CC[C@](O)([I-](F)(F)F)C1. The number of ether oxygens (including phenoxy) is 1. The van der Waals surface area contributed by atoms with Gasteiger partial charge in [-0.25, -0.2) is 0 Å². The Labute approximate surface area is 146 Å². The van der Waals surface area contributed by atoms with Crippen LogP contribution in [0.4, 0.5) is 22.2 Å². The number of hydrogen-bond donors (Lipinski definition) is 3. The maximum atomic E-state index is 12.9. The summed E-state index contributed by atoms with van der Waals surface area (Å²) in [5, 5.41) is 14.4. The Morgan fingerprint density at radius 3 is 2.80 bits per heavy atom. The molecule has 2 atom stereocenters. The second-order valence-corrected chi connectivity index (χ2v) is 9.60. The number of carbonyl (C=O) groups excluding carboxylic acids is 1. The molecule has 0 aliphatic heterocycles. The van der Waals surface area contributed by atoms with Gasteiger partial charge in [-0.05, 0) is 0 Å². The predicted octanol–water partition coefficient (Wildman–Crippen LogP) is -0.463. The number of urea groups is 1. The van der Waals surface area contributed by atoms with Crippen LogP contribution in [0.3, 0.4) is 0 Å². The number of nitrogens with one attached hydrogen (secondary N) is 2. The Morgan fingerprint density at radius 2 is 2.20 bits per heavy atom. The summed E-state index contributed by atoms with van der Waals surface area (Å²) < 4.78 is 64.4. The Morgan fingerprint density at radius 1 is 1.48 bits per heavy atom. The summed E-state index contributed by atoms with van der Waals surface area (Å²) in [6.45, 7) is -3.08. The molecule has 6 nitrogen and oxygen atoms in total. The van der Waals surface area contributed by atoms with Gasteiger partial charge in [0, 0.05) is 0 Å². The molecule has 1 aliphatic rings. The zero-order valence-electron chi connectivity index (χ0n) is 12.7. The van der Waals surface area contributed by atoms with Crippen LogP contribution in [0.15, 0.2) is 18.3 Å². The molecule has 2 amide bonds. The summed E-state index contributed by atoms with van der Waals surface area (Å²) in [4.78, 5) is 15.3. The van der Waals surface area contributed by atoms with Gasteiger partial charge in [0.15, 0.2) is 0 Å². The van der Waals surface area contributed by atoms with Gasteiger partial charge in [0.1, 0.15) is 0 Å². The summed E-state index contributed by atoms with van der Waals surface area (Å²) in [5.74, 6) is -0.313. The van der Waals surface area contributed by atoms with Gasteiger partial charge < -0.3 is 0 Å². The van der Waals surface area contributed by atoms with Crippen LogP contribution in [0.2, 0.25) is 0 Å². The molecule has 3 N–H and O–H groups in total. The molecule has 2 rings (SSSR count). The number of halogens is 6. The van der Waals surface area contributed by atoms with Gasteiger partial charge in [0.05, 0.1) is 0 Å². The third kappa shape index (κ3) is 5.52. The first-order valence-corrected chi connectivity index (χ1v) is 10.6. The van der Waals surface area contributed by atoms with Gasteiger partial charge in [-0.3, -0.25) is 0 Å². The number of pyridine rings is 1. The number of hydrogen-bond acceptors (Lipinski definition) is 4. The predicted molar refractivity (Wildman–Crippen MR) is 72.2 cm³/mol. The second-order valence-electron chi connectivity index (χ2n) is 5.44. The molecule has 1 saturated carbocycles. The molecule has 0 unspecified atom stereocenters. The van der Waals surface area contributed by atoms with Gasteiger partial charge in [-0.1, -0.05) is 0 Å².